The minimum absolute atomic E-state index is 0.00761. The molecular formula is C40H41FN6O3S. The first-order valence-corrected chi connectivity index (χ1v) is 18.6. The van der Waals surface area contributed by atoms with E-state index in [0.29, 0.717) is 67.9 Å². The third-order valence-corrected chi connectivity index (χ3v) is 11.4. The fourth-order valence-electron chi connectivity index (χ4n) is 7.57. The molecule has 1 saturated heterocycles. The van der Waals surface area contributed by atoms with Crippen LogP contribution in [0.15, 0.2) is 66.6 Å². The highest BCUT2D eigenvalue weighted by Crippen LogP contribution is 2.46. The Morgan fingerprint density at radius 3 is 2.80 bits per heavy atom. The predicted octanol–water partition coefficient (Wildman–Crippen LogP) is 6.83. The van der Waals surface area contributed by atoms with Gasteiger partial charge in [0, 0.05) is 77.4 Å². The van der Waals surface area contributed by atoms with E-state index in [0.717, 1.165) is 58.5 Å². The summed E-state index contributed by atoms with van der Waals surface area (Å²) < 4.78 is 24.3. The van der Waals surface area contributed by atoms with Crippen molar-refractivity contribution in [2.45, 2.75) is 58.8 Å². The quantitative estimate of drug-likeness (QED) is 0.178. The van der Waals surface area contributed by atoms with Crippen LogP contribution in [0.5, 0.6) is 5.75 Å². The fourth-order valence-corrected chi connectivity index (χ4v) is 8.52. The van der Waals surface area contributed by atoms with Crippen LogP contribution in [0.25, 0.3) is 43.9 Å². The number of piperidine rings is 1. The van der Waals surface area contributed by atoms with Gasteiger partial charge in [-0.15, -0.1) is 11.3 Å². The number of hydrogen-bond donors (Lipinski definition) is 1. The molecule has 3 aliphatic heterocycles. The summed E-state index contributed by atoms with van der Waals surface area (Å²) in [4.78, 5) is 34.3. The summed E-state index contributed by atoms with van der Waals surface area (Å²) >= 11 is 1.61. The number of fused-ring (bicyclic) bond motifs is 3. The Labute approximate surface area is 300 Å². The van der Waals surface area contributed by atoms with Gasteiger partial charge in [0.25, 0.3) is 0 Å². The molecule has 2 amide bonds. The number of aromatic nitrogens is 3. The molecule has 51 heavy (non-hydrogen) atoms. The fraction of sp³-hybridized carbons (Fsp3) is 0.350. The van der Waals surface area contributed by atoms with Crippen LogP contribution in [-0.2, 0) is 35.6 Å². The van der Waals surface area contributed by atoms with Gasteiger partial charge < -0.3 is 15.0 Å². The van der Waals surface area contributed by atoms with Crippen LogP contribution in [0.3, 0.4) is 0 Å². The molecule has 3 aliphatic rings. The van der Waals surface area contributed by atoms with E-state index >= 15 is 0 Å². The molecule has 2 aromatic carbocycles. The van der Waals surface area contributed by atoms with Crippen LogP contribution in [-0.4, -0.2) is 68.7 Å². The molecule has 9 nitrogen and oxygen atoms in total. The molecule has 0 saturated carbocycles. The lowest BCUT2D eigenvalue weighted by atomic mass is 9.93. The van der Waals surface area contributed by atoms with Crippen molar-refractivity contribution in [3.8, 4) is 39.5 Å². The first-order valence-electron chi connectivity index (χ1n) is 17.7. The largest absolute Gasteiger partial charge is 0.493 e. The van der Waals surface area contributed by atoms with Gasteiger partial charge in [-0.05, 0) is 79.6 Å². The molecule has 0 radical (unpaired) electrons. The Hall–Kier alpha value is -4.87. The van der Waals surface area contributed by atoms with E-state index < -0.39 is 5.82 Å². The van der Waals surface area contributed by atoms with Crippen molar-refractivity contribution in [1.82, 2.24) is 29.9 Å². The van der Waals surface area contributed by atoms with Gasteiger partial charge in [0.15, 0.2) is 0 Å². The maximum atomic E-state index is 14.9. The number of benzene rings is 2. The van der Waals surface area contributed by atoms with E-state index in [1.807, 2.05) is 10.7 Å². The van der Waals surface area contributed by atoms with Gasteiger partial charge in [-0.2, -0.15) is 5.10 Å². The minimum Gasteiger partial charge on any atom is -0.493 e. The van der Waals surface area contributed by atoms with Crippen molar-refractivity contribution < 1.29 is 18.7 Å². The second kappa shape index (κ2) is 13.7. The van der Waals surface area contributed by atoms with Crippen molar-refractivity contribution in [3.63, 3.8) is 0 Å². The Bertz CT molecular complexity index is 2170. The zero-order chi connectivity index (χ0) is 35.2. The third kappa shape index (κ3) is 6.45. The van der Waals surface area contributed by atoms with Crippen molar-refractivity contribution in [2.24, 2.45) is 5.92 Å². The van der Waals surface area contributed by atoms with Crippen LogP contribution >= 0.6 is 11.3 Å². The Kier molecular flexibility index (Phi) is 8.93. The van der Waals surface area contributed by atoms with Crippen molar-refractivity contribution in [3.05, 3.63) is 89.2 Å². The van der Waals surface area contributed by atoms with Gasteiger partial charge in [-0.3, -0.25) is 19.2 Å². The van der Waals surface area contributed by atoms with Crippen LogP contribution in [0.4, 0.5) is 4.39 Å². The standard InChI is InChI=1S/C40H41FN6O3S/c1-4-36(49)46-14-15-47-30(22-46)20-33(44-47)39-37(31-8-7-29(41)19-34(31)50-23-25-9-12-42-35(48)17-25)40-32(11-16-51-40)38(43-39)27-5-6-28-21-45(24(2)3)13-10-26(28)18-27/h4-8,11,16,18-20,24-25H,1,9-10,12-15,17,21-23H2,2-3H3,(H,42,48). The van der Waals surface area contributed by atoms with Gasteiger partial charge in [0.2, 0.25) is 11.8 Å². The lowest BCUT2D eigenvalue weighted by molar-refractivity contribution is -0.127. The number of carbonyl (C=O) groups excluding carboxylic acids is 2. The molecule has 5 aromatic rings. The molecule has 11 heteroatoms. The van der Waals surface area contributed by atoms with E-state index in [2.05, 4.69) is 60.3 Å². The zero-order valence-electron chi connectivity index (χ0n) is 29.0. The smallest absolute Gasteiger partial charge is 0.246 e. The molecule has 262 valence electrons. The number of nitrogens with one attached hydrogen (secondary N) is 1. The molecule has 8 rings (SSSR count). The van der Waals surface area contributed by atoms with Crippen molar-refractivity contribution in [2.75, 3.05) is 26.2 Å². The number of amides is 2. The lowest BCUT2D eigenvalue weighted by Crippen LogP contribution is -2.37. The molecule has 0 spiro atoms. The van der Waals surface area contributed by atoms with E-state index in [1.54, 1.807) is 22.3 Å². The number of nitrogens with zero attached hydrogens (tertiary/aromatic N) is 5. The van der Waals surface area contributed by atoms with Crippen LogP contribution < -0.4 is 10.1 Å². The number of carbonyl (C=O) groups is 2. The zero-order valence-corrected chi connectivity index (χ0v) is 29.8. The molecule has 0 bridgehead atoms. The van der Waals surface area contributed by atoms with E-state index in [4.69, 9.17) is 14.8 Å². The first kappa shape index (κ1) is 33.3. The number of halogens is 1. The molecule has 1 N–H and O–H groups in total. The second-order valence-electron chi connectivity index (χ2n) is 14.0. The van der Waals surface area contributed by atoms with Gasteiger partial charge in [0.1, 0.15) is 23.0 Å². The summed E-state index contributed by atoms with van der Waals surface area (Å²) in [6.07, 6.45) is 3.50. The number of ether oxygens (including phenoxy) is 1. The Balaban J connectivity index is 1.27. The topological polar surface area (TPSA) is 92.6 Å². The van der Waals surface area contributed by atoms with Crippen LogP contribution in [0.1, 0.15) is 43.5 Å². The summed E-state index contributed by atoms with van der Waals surface area (Å²) in [5, 5.41) is 11.0. The average Bonchev–Trinajstić information content (AvgIpc) is 3.80. The molecule has 1 unspecified atom stereocenters. The molecule has 0 aliphatic carbocycles. The monoisotopic (exact) mass is 704 g/mol. The van der Waals surface area contributed by atoms with Gasteiger partial charge in [0.05, 0.1) is 31.1 Å². The third-order valence-electron chi connectivity index (χ3n) is 10.4. The summed E-state index contributed by atoms with van der Waals surface area (Å²) in [6.45, 7) is 12.5. The maximum Gasteiger partial charge on any atom is 0.246 e. The molecule has 3 aromatic heterocycles. The van der Waals surface area contributed by atoms with Gasteiger partial charge in [-0.1, -0.05) is 18.7 Å². The van der Waals surface area contributed by atoms with Gasteiger partial charge in [-0.25, -0.2) is 9.37 Å². The maximum absolute atomic E-state index is 14.9. The highest BCUT2D eigenvalue weighted by molar-refractivity contribution is 7.18. The SMILES string of the molecule is C=CC(=O)N1CCn2nc(-c3nc(-c4ccc5c(c4)CCN(C(C)C)C5)c4ccsc4c3-c3ccc(F)cc3OCC3CCNC(=O)C3)cc2C1. The number of thiophene rings is 1. The number of rotatable bonds is 8. The first-order chi connectivity index (χ1) is 24.7. The molecular weight excluding hydrogens is 664 g/mol. The van der Waals surface area contributed by atoms with E-state index in [1.165, 1.54) is 29.3 Å². The van der Waals surface area contributed by atoms with E-state index in [-0.39, 0.29) is 17.7 Å². The Morgan fingerprint density at radius 2 is 1.98 bits per heavy atom. The lowest BCUT2D eigenvalue weighted by Gasteiger charge is -2.32. The predicted molar refractivity (Wildman–Crippen MR) is 198 cm³/mol. The van der Waals surface area contributed by atoms with Crippen molar-refractivity contribution in [1.29, 1.82) is 0 Å². The van der Waals surface area contributed by atoms with Crippen molar-refractivity contribution >= 4 is 33.2 Å². The van der Waals surface area contributed by atoms with Crippen LogP contribution in [0, 0.1) is 11.7 Å². The summed E-state index contributed by atoms with van der Waals surface area (Å²) in [5.41, 5.74) is 8.38. The van der Waals surface area contributed by atoms with E-state index in [9.17, 15) is 14.0 Å². The van der Waals surface area contributed by atoms with Crippen LogP contribution in [0.2, 0.25) is 0 Å². The number of hydrogen-bond acceptors (Lipinski definition) is 7. The van der Waals surface area contributed by atoms with Gasteiger partial charge >= 0.3 is 0 Å². The highest BCUT2D eigenvalue weighted by atomic mass is 32.1. The average molecular weight is 705 g/mol. The second-order valence-corrected chi connectivity index (χ2v) is 14.9. The number of pyridine rings is 1. The molecule has 6 heterocycles. The molecule has 1 fully saturated rings. The normalized spacial score (nSPS) is 17.7. The Morgan fingerprint density at radius 1 is 1.10 bits per heavy atom. The highest BCUT2D eigenvalue weighted by Gasteiger charge is 2.28. The summed E-state index contributed by atoms with van der Waals surface area (Å²) in [5.74, 6) is -0.0694. The summed E-state index contributed by atoms with van der Waals surface area (Å²) in [7, 11) is 0. The summed E-state index contributed by atoms with van der Waals surface area (Å²) in [6, 6.07) is 16.0. The minimum atomic E-state index is -0.404. The molecule has 1 atom stereocenters.